The zero-order valence-electron chi connectivity index (χ0n) is 11.6. The molecule has 0 aliphatic heterocycles. The summed E-state index contributed by atoms with van der Waals surface area (Å²) < 4.78 is 4.53. The van der Waals surface area contributed by atoms with E-state index in [2.05, 4.69) is 20.0 Å². The molecule has 0 spiro atoms. The first-order chi connectivity index (χ1) is 10.9. The van der Waals surface area contributed by atoms with Crippen LogP contribution in [0.2, 0.25) is 5.02 Å². The van der Waals surface area contributed by atoms with Crippen LogP contribution in [0.25, 0.3) is 0 Å². The van der Waals surface area contributed by atoms with E-state index in [4.69, 9.17) is 11.6 Å². The number of methoxy groups -OCH3 is 1. The van der Waals surface area contributed by atoms with Crippen molar-refractivity contribution in [2.75, 3.05) is 12.4 Å². The quantitative estimate of drug-likeness (QED) is 0.514. The molecule has 0 radical (unpaired) electrons. The minimum Gasteiger partial charge on any atom is -0.464 e. The van der Waals surface area contributed by atoms with Crippen LogP contribution in [0.15, 0.2) is 30.6 Å². The summed E-state index contributed by atoms with van der Waals surface area (Å²) in [5.74, 6) is -1.71. The number of nitro benzene ring substituents is 1. The van der Waals surface area contributed by atoms with Gasteiger partial charge in [-0.3, -0.25) is 14.9 Å². The number of nitrogens with zero attached hydrogens (tertiary/aromatic N) is 3. The Morgan fingerprint density at radius 3 is 2.65 bits per heavy atom. The van der Waals surface area contributed by atoms with Crippen molar-refractivity contribution in [1.82, 2.24) is 9.97 Å². The van der Waals surface area contributed by atoms with Gasteiger partial charge in [0.1, 0.15) is 0 Å². The number of halogens is 1. The predicted octanol–water partition coefficient (Wildman–Crippen LogP) is 2.08. The van der Waals surface area contributed by atoms with Gasteiger partial charge in [-0.05, 0) is 6.07 Å². The average Bonchev–Trinajstić information content (AvgIpc) is 2.54. The molecule has 0 atom stereocenters. The molecule has 0 aliphatic rings. The van der Waals surface area contributed by atoms with Gasteiger partial charge in [-0.2, -0.15) is 0 Å². The molecule has 0 aliphatic carbocycles. The van der Waals surface area contributed by atoms with Gasteiger partial charge in [-0.15, -0.1) is 0 Å². The standard InChI is InChI=1S/C13H9ClN4O5/c1-23-13(20)10-11(16-5-4-15-10)17-12(19)8-6-7(18(21)22)2-3-9(8)14/h2-6H,1H3,(H,16,17,19). The Morgan fingerprint density at radius 1 is 1.30 bits per heavy atom. The van der Waals surface area contributed by atoms with Crippen molar-refractivity contribution in [2.45, 2.75) is 0 Å². The maximum absolute atomic E-state index is 12.2. The summed E-state index contributed by atoms with van der Waals surface area (Å²) in [6, 6.07) is 3.42. The van der Waals surface area contributed by atoms with E-state index < -0.39 is 16.8 Å². The highest BCUT2D eigenvalue weighted by atomic mass is 35.5. The van der Waals surface area contributed by atoms with E-state index in [0.29, 0.717) is 0 Å². The molecular formula is C13H9ClN4O5. The normalized spacial score (nSPS) is 10.0. The molecular weight excluding hydrogens is 328 g/mol. The third kappa shape index (κ3) is 3.58. The topological polar surface area (TPSA) is 124 Å². The van der Waals surface area contributed by atoms with Crippen LogP contribution in [-0.2, 0) is 4.74 Å². The van der Waals surface area contributed by atoms with Gasteiger partial charge in [0.15, 0.2) is 11.5 Å². The fraction of sp³-hybridized carbons (Fsp3) is 0.0769. The Morgan fingerprint density at radius 2 is 2.00 bits per heavy atom. The maximum atomic E-state index is 12.2. The molecule has 1 N–H and O–H groups in total. The van der Waals surface area contributed by atoms with Gasteiger partial charge >= 0.3 is 5.97 Å². The van der Waals surface area contributed by atoms with E-state index in [1.807, 2.05) is 0 Å². The number of non-ortho nitro benzene ring substituents is 1. The number of ether oxygens (including phenoxy) is 1. The first kappa shape index (κ1) is 16.3. The fourth-order valence-corrected chi connectivity index (χ4v) is 1.85. The van der Waals surface area contributed by atoms with Crippen LogP contribution in [0.1, 0.15) is 20.8 Å². The number of nitrogens with one attached hydrogen (secondary N) is 1. The Kier molecular flexibility index (Phi) is 4.82. The Bertz CT molecular complexity index is 796. The van der Waals surface area contributed by atoms with Crippen LogP contribution in [0.3, 0.4) is 0 Å². The number of nitro groups is 1. The number of esters is 1. The third-order valence-corrected chi connectivity index (χ3v) is 3.04. The van der Waals surface area contributed by atoms with Crippen LogP contribution in [0, 0.1) is 10.1 Å². The third-order valence-electron chi connectivity index (χ3n) is 2.71. The highest BCUT2D eigenvalue weighted by molar-refractivity contribution is 6.34. The summed E-state index contributed by atoms with van der Waals surface area (Å²) in [7, 11) is 1.15. The van der Waals surface area contributed by atoms with Crippen molar-refractivity contribution < 1.29 is 19.2 Å². The number of amides is 1. The second-order valence-corrected chi connectivity index (χ2v) is 4.53. The lowest BCUT2D eigenvalue weighted by molar-refractivity contribution is -0.384. The van der Waals surface area contributed by atoms with E-state index in [1.54, 1.807) is 0 Å². The second-order valence-electron chi connectivity index (χ2n) is 4.12. The monoisotopic (exact) mass is 336 g/mol. The minimum absolute atomic E-state index is 0.0107. The second kappa shape index (κ2) is 6.79. The summed E-state index contributed by atoms with van der Waals surface area (Å²) in [5.41, 5.74) is -0.640. The fourth-order valence-electron chi connectivity index (χ4n) is 1.65. The molecule has 1 aromatic heterocycles. The number of rotatable bonds is 4. The van der Waals surface area contributed by atoms with E-state index in [1.165, 1.54) is 24.5 Å². The van der Waals surface area contributed by atoms with Gasteiger partial charge in [-0.25, -0.2) is 14.8 Å². The molecule has 9 nitrogen and oxygen atoms in total. The van der Waals surface area contributed by atoms with Gasteiger partial charge in [-0.1, -0.05) is 11.6 Å². The molecule has 0 saturated heterocycles. The zero-order valence-corrected chi connectivity index (χ0v) is 12.4. The number of aromatic nitrogens is 2. The Hall–Kier alpha value is -3.07. The number of hydrogen-bond donors (Lipinski definition) is 1. The van der Waals surface area contributed by atoms with Crippen LogP contribution in [0.5, 0.6) is 0 Å². The summed E-state index contributed by atoms with van der Waals surface area (Å²) in [6.45, 7) is 0. The van der Waals surface area contributed by atoms with Gasteiger partial charge in [0.2, 0.25) is 0 Å². The van der Waals surface area contributed by atoms with Crippen molar-refractivity contribution in [3.8, 4) is 0 Å². The van der Waals surface area contributed by atoms with Crippen LogP contribution in [0.4, 0.5) is 11.5 Å². The highest BCUT2D eigenvalue weighted by Crippen LogP contribution is 2.23. The van der Waals surface area contributed by atoms with Gasteiger partial charge < -0.3 is 10.1 Å². The Balaban J connectivity index is 2.35. The van der Waals surface area contributed by atoms with Crippen molar-refractivity contribution in [3.63, 3.8) is 0 Å². The molecule has 2 aromatic rings. The molecule has 2 rings (SSSR count). The minimum atomic E-state index is -0.793. The van der Waals surface area contributed by atoms with E-state index in [9.17, 15) is 19.7 Å². The largest absolute Gasteiger partial charge is 0.464 e. The van der Waals surface area contributed by atoms with E-state index in [0.717, 1.165) is 13.2 Å². The smallest absolute Gasteiger partial charge is 0.360 e. The SMILES string of the molecule is COC(=O)c1nccnc1NC(=O)c1cc([N+](=O)[O-])ccc1Cl. The van der Waals surface area contributed by atoms with Crippen molar-refractivity contribution in [1.29, 1.82) is 0 Å². The van der Waals surface area contributed by atoms with E-state index in [-0.39, 0.29) is 27.8 Å². The summed E-state index contributed by atoms with van der Waals surface area (Å²) in [6.07, 6.45) is 2.51. The van der Waals surface area contributed by atoms with Crippen molar-refractivity contribution in [3.05, 3.63) is 57.0 Å². The molecule has 10 heteroatoms. The van der Waals surface area contributed by atoms with Crippen molar-refractivity contribution >= 4 is 35.0 Å². The highest BCUT2D eigenvalue weighted by Gasteiger charge is 2.20. The number of hydrogen-bond acceptors (Lipinski definition) is 7. The number of carbonyl (C=O) groups excluding carboxylic acids is 2. The van der Waals surface area contributed by atoms with E-state index >= 15 is 0 Å². The van der Waals surface area contributed by atoms with Gasteiger partial charge in [0.25, 0.3) is 11.6 Å². The lowest BCUT2D eigenvalue weighted by Crippen LogP contribution is -2.18. The summed E-state index contributed by atoms with van der Waals surface area (Å²) in [5, 5.41) is 13.1. The maximum Gasteiger partial charge on any atom is 0.360 e. The number of benzene rings is 1. The Labute approximate surface area is 134 Å². The molecule has 1 heterocycles. The zero-order chi connectivity index (χ0) is 17.0. The molecule has 0 bridgehead atoms. The lowest BCUT2D eigenvalue weighted by Gasteiger charge is -2.08. The first-order valence-corrected chi connectivity index (χ1v) is 6.46. The van der Waals surface area contributed by atoms with Crippen LogP contribution < -0.4 is 5.32 Å². The lowest BCUT2D eigenvalue weighted by atomic mass is 10.2. The molecule has 1 amide bonds. The number of anilines is 1. The molecule has 0 saturated carbocycles. The summed E-state index contributed by atoms with van der Waals surface area (Å²) >= 11 is 5.88. The van der Waals surface area contributed by atoms with Crippen molar-refractivity contribution in [2.24, 2.45) is 0 Å². The number of carbonyl (C=O) groups is 2. The molecule has 0 fully saturated rings. The molecule has 118 valence electrons. The van der Waals surface area contributed by atoms with Gasteiger partial charge in [0.05, 0.1) is 22.6 Å². The molecule has 1 aromatic carbocycles. The summed E-state index contributed by atoms with van der Waals surface area (Å²) in [4.78, 5) is 41.5. The molecule has 23 heavy (non-hydrogen) atoms. The predicted molar refractivity (Wildman–Crippen MR) is 79.4 cm³/mol. The van der Waals surface area contributed by atoms with Gasteiger partial charge in [0, 0.05) is 24.5 Å². The molecule has 0 unspecified atom stereocenters. The van der Waals surface area contributed by atoms with Crippen LogP contribution in [-0.4, -0.2) is 33.9 Å². The van der Waals surface area contributed by atoms with Crippen LogP contribution >= 0.6 is 11.6 Å². The average molecular weight is 337 g/mol. The first-order valence-electron chi connectivity index (χ1n) is 6.08.